The largest absolute Gasteiger partial charge is 0.466 e. The van der Waals surface area contributed by atoms with Crippen LogP contribution >= 0.6 is 0 Å². The highest BCUT2D eigenvalue weighted by Gasteiger charge is 2.65. The van der Waals surface area contributed by atoms with Crippen molar-refractivity contribution in [3.63, 3.8) is 0 Å². The Kier molecular flexibility index (Phi) is 1.82. The van der Waals surface area contributed by atoms with E-state index < -0.39 is 5.60 Å². The normalized spacial score (nSPS) is 38.9. The van der Waals surface area contributed by atoms with Crippen molar-refractivity contribution in [1.82, 2.24) is 0 Å². The Morgan fingerprint density at radius 2 is 1.87 bits per heavy atom. The molecule has 2 saturated carbocycles. The molecule has 82 valence electrons. The van der Waals surface area contributed by atoms with E-state index in [0.717, 1.165) is 17.1 Å². The fraction of sp³-hybridized carbons (Fsp3) is 0.692. The summed E-state index contributed by atoms with van der Waals surface area (Å²) in [6.07, 6.45) is 4.92. The smallest absolute Gasteiger partial charge is 0.107 e. The van der Waals surface area contributed by atoms with Crippen LogP contribution < -0.4 is 0 Å². The average Bonchev–Trinajstić information content (AvgIpc) is 2.67. The Hall–Kier alpha value is -0.760. The molecule has 0 bridgehead atoms. The quantitative estimate of drug-likeness (QED) is 0.766. The maximum Gasteiger partial charge on any atom is 0.107 e. The topological polar surface area (TPSA) is 33.4 Å². The molecule has 1 aromatic heterocycles. The summed E-state index contributed by atoms with van der Waals surface area (Å²) in [7, 11) is 0. The SMILES string of the molecule is Cc1cc(C2(O)C3CCCCC32)c(C)o1. The van der Waals surface area contributed by atoms with Gasteiger partial charge in [0.15, 0.2) is 0 Å². The molecule has 2 fully saturated rings. The van der Waals surface area contributed by atoms with Gasteiger partial charge in [-0.25, -0.2) is 0 Å². The lowest BCUT2D eigenvalue weighted by Crippen LogP contribution is -2.10. The van der Waals surface area contributed by atoms with Crippen molar-refractivity contribution in [2.45, 2.75) is 45.1 Å². The third-order valence-electron chi connectivity index (χ3n) is 4.26. The van der Waals surface area contributed by atoms with Crippen LogP contribution in [0.3, 0.4) is 0 Å². The molecule has 0 aliphatic heterocycles. The Balaban J connectivity index is 1.97. The Labute approximate surface area is 90.3 Å². The minimum absolute atomic E-state index is 0.502. The number of hydrogen-bond donors (Lipinski definition) is 1. The van der Waals surface area contributed by atoms with Crippen LogP contribution in [0.2, 0.25) is 0 Å². The molecule has 2 heteroatoms. The number of aliphatic hydroxyl groups is 1. The van der Waals surface area contributed by atoms with Gasteiger partial charge in [0.1, 0.15) is 11.5 Å². The molecule has 0 spiro atoms. The number of rotatable bonds is 1. The molecule has 2 atom stereocenters. The molecule has 1 aromatic rings. The lowest BCUT2D eigenvalue weighted by atomic mass is 10.0. The summed E-state index contributed by atoms with van der Waals surface area (Å²) in [6.45, 7) is 3.91. The fourth-order valence-corrected chi connectivity index (χ4v) is 3.52. The van der Waals surface area contributed by atoms with Crippen molar-refractivity contribution in [3.05, 3.63) is 23.2 Å². The monoisotopic (exact) mass is 206 g/mol. The second-order valence-electron chi connectivity index (χ2n) is 5.15. The molecule has 3 rings (SSSR count). The van der Waals surface area contributed by atoms with Crippen LogP contribution in [0, 0.1) is 25.7 Å². The van der Waals surface area contributed by atoms with E-state index in [1.165, 1.54) is 25.7 Å². The van der Waals surface area contributed by atoms with Gasteiger partial charge >= 0.3 is 0 Å². The highest BCUT2D eigenvalue weighted by molar-refractivity contribution is 5.36. The zero-order chi connectivity index (χ0) is 10.6. The minimum atomic E-state index is -0.543. The standard InChI is InChI=1S/C13H18O2/c1-8-7-12(9(2)15-8)13(14)10-5-3-4-6-11(10)13/h7,10-11,14H,3-6H2,1-2H3. The Morgan fingerprint density at radius 1 is 1.27 bits per heavy atom. The van der Waals surface area contributed by atoms with Gasteiger partial charge in [-0.2, -0.15) is 0 Å². The molecular formula is C13H18O2. The van der Waals surface area contributed by atoms with Gasteiger partial charge in [-0.1, -0.05) is 12.8 Å². The molecule has 2 nitrogen and oxygen atoms in total. The average molecular weight is 206 g/mol. The van der Waals surface area contributed by atoms with Gasteiger partial charge in [-0.15, -0.1) is 0 Å². The predicted molar refractivity (Wildman–Crippen MR) is 57.5 cm³/mol. The highest BCUT2D eigenvalue weighted by Crippen LogP contribution is 2.65. The number of hydrogen-bond acceptors (Lipinski definition) is 2. The van der Waals surface area contributed by atoms with Gasteiger partial charge < -0.3 is 9.52 Å². The van der Waals surface area contributed by atoms with E-state index in [-0.39, 0.29) is 0 Å². The van der Waals surface area contributed by atoms with Crippen molar-refractivity contribution in [2.24, 2.45) is 11.8 Å². The summed E-state index contributed by atoms with van der Waals surface area (Å²) in [6, 6.07) is 2.02. The summed E-state index contributed by atoms with van der Waals surface area (Å²) in [5.41, 5.74) is 0.509. The lowest BCUT2D eigenvalue weighted by molar-refractivity contribution is 0.116. The van der Waals surface area contributed by atoms with Crippen molar-refractivity contribution >= 4 is 0 Å². The van der Waals surface area contributed by atoms with Crippen LogP contribution in [0.25, 0.3) is 0 Å². The molecule has 1 heterocycles. The summed E-state index contributed by atoms with van der Waals surface area (Å²) >= 11 is 0. The summed E-state index contributed by atoms with van der Waals surface area (Å²) < 4.78 is 5.53. The molecule has 0 aromatic carbocycles. The van der Waals surface area contributed by atoms with E-state index in [0.29, 0.717) is 11.8 Å². The first kappa shape index (κ1) is 9.46. The Bertz CT molecular complexity index is 379. The number of furan rings is 1. The van der Waals surface area contributed by atoms with Gasteiger partial charge in [-0.3, -0.25) is 0 Å². The van der Waals surface area contributed by atoms with Gasteiger partial charge in [0, 0.05) is 5.56 Å². The third-order valence-corrected chi connectivity index (χ3v) is 4.26. The van der Waals surface area contributed by atoms with E-state index in [4.69, 9.17) is 4.42 Å². The van der Waals surface area contributed by atoms with Gasteiger partial charge in [-0.05, 0) is 44.6 Å². The minimum Gasteiger partial charge on any atom is -0.466 e. The second kappa shape index (κ2) is 2.88. The summed E-state index contributed by atoms with van der Waals surface area (Å²) in [4.78, 5) is 0. The Morgan fingerprint density at radius 3 is 2.33 bits per heavy atom. The van der Waals surface area contributed by atoms with Gasteiger partial charge in [0.2, 0.25) is 0 Å². The maximum absolute atomic E-state index is 10.7. The molecule has 1 N–H and O–H groups in total. The molecular weight excluding hydrogens is 188 g/mol. The van der Waals surface area contributed by atoms with Crippen molar-refractivity contribution in [3.8, 4) is 0 Å². The van der Waals surface area contributed by atoms with Crippen LogP contribution in [0.15, 0.2) is 10.5 Å². The first-order chi connectivity index (χ1) is 7.14. The van der Waals surface area contributed by atoms with E-state index in [1.54, 1.807) is 0 Å². The second-order valence-corrected chi connectivity index (χ2v) is 5.15. The van der Waals surface area contributed by atoms with Crippen LogP contribution in [0.1, 0.15) is 42.8 Å². The van der Waals surface area contributed by atoms with E-state index >= 15 is 0 Å². The van der Waals surface area contributed by atoms with Crippen LogP contribution in [0.4, 0.5) is 0 Å². The third kappa shape index (κ3) is 1.14. The van der Waals surface area contributed by atoms with Crippen molar-refractivity contribution in [1.29, 1.82) is 0 Å². The molecule has 2 unspecified atom stereocenters. The van der Waals surface area contributed by atoms with Crippen LogP contribution in [-0.2, 0) is 5.60 Å². The zero-order valence-electron chi connectivity index (χ0n) is 9.42. The van der Waals surface area contributed by atoms with Gasteiger partial charge in [0.05, 0.1) is 5.60 Å². The fourth-order valence-electron chi connectivity index (χ4n) is 3.52. The number of fused-ring (bicyclic) bond motifs is 1. The lowest BCUT2D eigenvalue weighted by Gasteiger charge is -2.08. The van der Waals surface area contributed by atoms with Crippen LogP contribution in [0.5, 0.6) is 0 Å². The van der Waals surface area contributed by atoms with E-state index in [2.05, 4.69) is 0 Å². The predicted octanol–water partition coefficient (Wildman–Crippen LogP) is 2.90. The molecule has 15 heavy (non-hydrogen) atoms. The molecule has 2 aliphatic rings. The van der Waals surface area contributed by atoms with Crippen LogP contribution in [-0.4, -0.2) is 5.11 Å². The first-order valence-corrected chi connectivity index (χ1v) is 5.94. The zero-order valence-corrected chi connectivity index (χ0v) is 9.42. The van der Waals surface area contributed by atoms with E-state index in [9.17, 15) is 5.11 Å². The molecule has 2 aliphatic carbocycles. The molecule has 0 saturated heterocycles. The first-order valence-electron chi connectivity index (χ1n) is 5.94. The van der Waals surface area contributed by atoms with Gasteiger partial charge in [0.25, 0.3) is 0 Å². The van der Waals surface area contributed by atoms with Crippen molar-refractivity contribution in [2.75, 3.05) is 0 Å². The molecule has 0 amide bonds. The van der Waals surface area contributed by atoms with Crippen molar-refractivity contribution < 1.29 is 9.52 Å². The summed E-state index contributed by atoms with van der Waals surface area (Å²) in [5, 5.41) is 10.7. The van der Waals surface area contributed by atoms with E-state index in [1.807, 2.05) is 19.9 Å². The highest BCUT2D eigenvalue weighted by atomic mass is 16.3. The summed E-state index contributed by atoms with van der Waals surface area (Å²) in [5.74, 6) is 2.83. The number of aryl methyl sites for hydroxylation is 2. The molecule has 0 radical (unpaired) electrons. The maximum atomic E-state index is 10.7.